The average Bonchev–Trinajstić information content (AvgIpc) is 2.95. The van der Waals surface area contributed by atoms with E-state index in [0.717, 1.165) is 24.2 Å². The molecule has 1 fully saturated rings. The Morgan fingerprint density at radius 1 is 1.07 bits per heavy atom. The lowest BCUT2D eigenvalue weighted by Crippen LogP contribution is -2.47. The van der Waals surface area contributed by atoms with E-state index in [9.17, 15) is 14.4 Å². The highest BCUT2D eigenvalue weighted by molar-refractivity contribution is 7.18. The molecule has 0 aliphatic carbocycles. The summed E-state index contributed by atoms with van der Waals surface area (Å²) in [6, 6.07) is 0.665. The molecule has 1 aliphatic rings. The topological polar surface area (TPSA) is 84.9 Å². The Balaban J connectivity index is 2.24. The van der Waals surface area contributed by atoms with Gasteiger partial charge in [0.05, 0.1) is 25.3 Å². The molecule has 0 saturated carbocycles. The maximum atomic E-state index is 12.7. The van der Waals surface area contributed by atoms with Gasteiger partial charge in [-0.25, -0.2) is 9.59 Å². The van der Waals surface area contributed by atoms with E-state index in [1.54, 1.807) is 20.8 Å². The van der Waals surface area contributed by atoms with Crippen molar-refractivity contribution < 1.29 is 23.9 Å². The van der Waals surface area contributed by atoms with E-state index in [0.29, 0.717) is 27.5 Å². The normalized spacial score (nSPS) is 19.9. The third kappa shape index (κ3) is 5.11. The summed E-state index contributed by atoms with van der Waals surface area (Å²) in [6.07, 6.45) is 3.30. The second-order valence-electron chi connectivity index (χ2n) is 7.05. The Morgan fingerprint density at radius 3 is 2.21 bits per heavy atom. The number of hydrogen-bond acceptors (Lipinski definition) is 7. The second-order valence-corrected chi connectivity index (χ2v) is 8.07. The van der Waals surface area contributed by atoms with Crippen LogP contribution in [0.1, 0.15) is 72.6 Å². The number of esters is 2. The van der Waals surface area contributed by atoms with E-state index in [4.69, 9.17) is 9.47 Å². The smallest absolute Gasteiger partial charge is 0.348 e. The number of carbonyl (C=O) groups excluding carboxylic acids is 3. The lowest BCUT2D eigenvalue weighted by molar-refractivity contribution is -0.118. The quantitative estimate of drug-likeness (QED) is 0.691. The molecule has 156 valence electrons. The van der Waals surface area contributed by atoms with Gasteiger partial charge in [0.2, 0.25) is 5.91 Å². The van der Waals surface area contributed by atoms with Crippen molar-refractivity contribution in [1.82, 2.24) is 4.90 Å². The number of piperidine rings is 1. The van der Waals surface area contributed by atoms with Gasteiger partial charge in [-0.1, -0.05) is 6.42 Å². The van der Waals surface area contributed by atoms with E-state index < -0.39 is 11.9 Å². The largest absolute Gasteiger partial charge is 0.462 e. The molecular formula is C20H30N2O5S. The van der Waals surface area contributed by atoms with Crippen LogP contribution in [0.15, 0.2) is 0 Å². The van der Waals surface area contributed by atoms with Crippen LogP contribution in [0, 0.1) is 6.92 Å². The fourth-order valence-electron chi connectivity index (χ4n) is 3.56. The molecule has 1 aromatic rings. The van der Waals surface area contributed by atoms with E-state index in [-0.39, 0.29) is 31.2 Å². The first-order chi connectivity index (χ1) is 13.3. The number of nitrogens with zero attached hydrogens (tertiary/aromatic N) is 1. The van der Waals surface area contributed by atoms with Gasteiger partial charge in [0.1, 0.15) is 9.88 Å². The van der Waals surface area contributed by atoms with Gasteiger partial charge in [-0.3, -0.25) is 9.69 Å². The summed E-state index contributed by atoms with van der Waals surface area (Å²) in [6.45, 7) is 10.0. The van der Waals surface area contributed by atoms with Crippen molar-refractivity contribution in [3.8, 4) is 0 Å². The molecule has 0 spiro atoms. The maximum Gasteiger partial charge on any atom is 0.348 e. The summed E-state index contributed by atoms with van der Waals surface area (Å²) in [5, 5.41) is 3.16. The molecular weight excluding hydrogens is 380 g/mol. The average molecular weight is 411 g/mol. The monoisotopic (exact) mass is 410 g/mol. The molecule has 1 saturated heterocycles. The lowest BCUT2D eigenvalue weighted by Gasteiger charge is -2.38. The third-order valence-electron chi connectivity index (χ3n) is 5.04. The van der Waals surface area contributed by atoms with Gasteiger partial charge in [0, 0.05) is 12.1 Å². The van der Waals surface area contributed by atoms with Crippen LogP contribution in [-0.2, 0) is 14.3 Å². The summed E-state index contributed by atoms with van der Waals surface area (Å²) in [5.74, 6) is -1.26. The van der Waals surface area contributed by atoms with Gasteiger partial charge in [-0.2, -0.15) is 0 Å². The fraction of sp³-hybridized carbons (Fsp3) is 0.650. The minimum atomic E-state index is -0.554. The van der Waals surface area contributed by atoms with Crippen LogP contribution < -0.4 is 5.32 Å². The summed E-state index contributed by atoms with van der Waals surface area (Å²) in [7, 11) is 0. The number of carbonyl (C=O) groups is 3. The number of ether oxygens (including phenoxy) is 2. The van der Waals surface area contributed by atoms with Crippen LogP contribution in [0.2, 0.25) is 0 Å². The summed E-state index contributed by atoms with van der Waals surface area (Å²) < 4.78 is 10.2. The van der Waals surface area contributed by atoms with E-state index in [2.05, 4.69) is 24.1 Å². The molecule has 0 aromatic carbocycles. The van der Waals surface area contributed by atoms with Gasteiger partial charge < -0.3 is 14.8 Å². The SMILES string of the molecule is CCOC(=O)c1sc(NC(=O)CN2[C@H](C)CCC[C@@H]2C)c(C(=O)OCC)c1C. The van der Waals surface area contributed by atoms with Crippen molar-refractivity contribution in [2.24, 2.45) is 0 Å². The van der Waals surface area contributed by atoms with E-state index in [1.165, 1.54) is 6.42 Å². The summed E-state index contributed by atoms with van der Waals surface area (Å²) in [5.41, 5.74) is 0.694. The molecule has 1 N–H and O–H groups in total. The van der Waals surface area contributed by atoms with Crippen LogP contribution in [0.4, 0.5) is 5.00 Å². The van der Waals surface area contributed by atoms with Gasteiger partial charge in [0.25, 0.3) is 0 Å². The standard InChI is InChI=1S/C20H30N2O5S/c1-6-26-19(24)16-14(5)17(20(25)27-7-2)28-18(16)21-15(23)11-22-12(3)9-8-10-13(22)4/h12-13H,6-11H2,1-5H3,(H,21,23)/t12-,13+. The van der Waals surface area contributed by atoms with Crippen molar-refractivity contribution in [3.63, 3.8) is 0 Å². The zero-order chi connectivity index (χ0) is 20.8. The Labute approximate surface area is 170 Å². The van der Waals surface area contributed by atoms with Crippen molar-refractivity contribution in [1.29, 1.82) is 0 Å². The zero-order valence-electron chi connectivity index (χ0n) is 17.3. The number of nitrogens with one attached hydrogen (secondary N) is 1. The lowest BCUT2D eigenvalue weighted by atomic mass is 9.97. The molecule has 1 aromatic heterocycles. The molecule has 2 heterocycles. The van der Waals surface area contributed by atoms with Gasteiger partial charge in [0.15, 0.2) is 0 Å². The number of rotatable bonds is 7. The molecule has 0 bridgehead atoms. The van der Waals surface area contributed by atoms with Crippen LogP contribution in [0.25, 0.3) is 0 Å². The van der Waals surface area contributed by atoms with Crippen molar-refractivity contribution >= 4 is 34.2 Å². The number of thiophene rings is 1. The van der Waals surface area contributed by atoms with Crippen molar-refractivity contribution in [3.05, 3.63) is 16.0 Å². The number of hydrogen-bond donors (Lipinski definition) is 1. The molecule has 8 heteroatoms. The Bertz CT molecular complexity index is 720. The number of likely N-dealkylation sites (tertiary alicyclic amines) is 1. The van der Waals surface area contributed by atoms with Gasteiger partial charge in [-0.15, -0.1) is 11.3 Å². The Morgan fingerprint density at radius 2 is 1.64 bits per heavy atom. The highest BCUT2D eigenvalue weighted by Crippen LogP contribution is 2.34. The minimum Gasteiger partial charge on any atom is -0.462 e. The van der Waals surface area contributed by atoms with Gasteiger partial charge >= 0.3 is 11.9 Å². The number of anilines is 1. The molecule has 0 unspecified atom stereocenters. The third-order valence-corrected chi connectivity index (χ3v) is 6.23. The summed E-state index contributed by atoms with van der Waals surface area (Å²) >= 11 is 1.05. The Hall–Kier alpha value is -1.93. The molecule has 2 rings (SSSR count). The molecule has 7 nitrogen and oxygen atoms in total. The first-order valence-corrected chi connectivity index (χ1v) is 10.6. The Kier molecular flexibility index (Phi) is 8.00. The zero-order valence-corrected chi connectivity index (χ0v) is 18.1. The molecule has 2 atom stereocenters. The predicted molar refractivity (Wildman–Crippen MR) is 109 cm³/mol. The van der Waals surface area contributed by atoms with Crippen LogP contribution >= 0.6 is 11.3 Å². The molecule has 0 radical (unpaired) electrons. The first kappa shape index (κ1) is 22.4. The van der Waals surface area contributed by atoms with Crippen molar-refractivity contribution in [2.75, 3.05) is 25.1 Å². The second kappa shape index (κ2) is 10.0. The van der Waals surface area contributed by atoms with Gasteiger partial charge in [-0.05, 0) is 53.0 Å². The van der Waals surface area contributed by atoms with Crippen LogP contribution in [0.5, 0.6) is 0 Å². The maximum absolute atomic E-state index is 12.7. The molecule has 1 amide bonds. The summed E-state index contributed by atoms with van der Waals surface area (Å²) in [4.78, 5) is 39.8. The van der Waals surface area contributed by atoms with Crippen LogP contribution in [0.3, 0.4) is 0 Å². The van der Waals surface area contributed by atoms with E-state index >= 15 is 0 Å². The predicted octanol–water partition coefficient (Wildman–Crippen LogP) is 3.61. The first-order valence-electron chi connectivity index (χ1n) is 9.83. The van der Waals surface area contributed by atoms with E-state index in [1.807, 2.05) is 0 Å². The molecule has 1 aliphatic heterocycles. The van der Waals surface area contributed by atoms with Crippen molar-refractivity contribution in [2.45, 2.75) is 66.0 Å². The molecule has 28 heavy (non-hydrogen) atoms. The minimum absolute atomic E-state index is 0.206. The van der Waals surface area contributed by atoms with Crippen LogP contribution in [-0.4, -0.2) is 54.6 Å². The number of amides is 1. The fourth-order valence-corrected chi connectivity index (χ4v) is 4.67. The highest BCUT2D eigenvalue weighted by Gasteiger charge is 2.30. The highest BCUT2D eigenvalue weighted by atomic mass is 32.1.